The zero-order chi connectivity index (χ0) is 10.4. The average molecular weight is 305 g/mol. The van der Waals surface area contributed by atoms with Crippen LogP contribution in [-0.2, 0) is 0 Å². The van der Waals surface area contributed by atoms with Crippen LogP contribution in [0.1, 0.15) is 24.9 Å². The number of aliphatic hydroxyl groups excluding tert-OH is 1. The Kier molecular flexibility index (Phi) is 5.44. The van der Waals surface area contributed by atoms with E-state index in [2.05, 4.69) is 59.1 Å². The predicted octanol–water partition coefficient (Wildman–Crippen LogP) is 2.32. The summed E-state index contributed by atoms with van der Waals surface area (Å²) in [5, 5.41) is 12.3. The third kappa shape index (κ3) is 3.55. The van der Waals surface area contributed by atoms with E-state index in [-0.39, 0.29) is 12.6 Å². The number of nitrogens with one attached hydrogen (secondary N) is 1. The molecule has 2 N–H and O–H groups in total. The summed E-state index contributed by atoms with van der Waals surface area (Å²) in [6.07, 6.45) is 0.772. The lowest BCUT2D eigenvalue weighted by Crippen LogP contribution is -2.21. The van der Waals surface area contributed by atoms with Crippen molar-refractivity contribution in [3.8, 4) is 0 Å². The van der Waals surface area contributed by atoms with E-state index in [0.717, 1.165) is 13.0 Å². The van der Waals surface area contributed by atoms with Crippen molar-refractivity contribution in [1.29, 1.82) is 0 Å². The van der Waals surface area contributed by atoms with Crippen molar-refractivity contribution in [2.45, 2.75) is 19.4 Å². The first-order chi connectivity index (χ1) is 6.77. The van der Waals surface area contributed by atoms with Crippen molar-refractivity contribution in [3.63, 3.8) is 0 Å². The van der Waals surface area contributed by atoms with Crippen molar-refractivity contribution in [1.82, 2.24) is 5.32 Å². The van der Waals surface area contributed by atoms with Gasteiger partial charge in [0.15, 0.2) is 0 Å². The fourth-order valence-electron chi connectivity index (χ4n) is 1.46. The molecule has 0 aliphatic rings. The molecule has 0 saturated carbocycles. The summed E-state index contributed by atoms with van der Waals surface area (Å²) in [5.41, 5.74) is 1.25. The Morgan fingerprint density at radius 1 is 1.36 bits per heavy atom. The number of halogens is 1. The highest BCUT2D eigenvalue weighted by molar-refractivity contribution is 14.1. The van der Waals surface area contributed by atoms with Crippen molar-refractivity contribution < 1.29 is 5.11 Å². The topological polar surface area (TPSA) is 32.3 Å². The van der Waals surface area contributed by atoms with Crippen molar-refractivity contribution >= 4 is 22.6 Å². The molecule has 3 heteroatoms. The Bertz CT molecular complexity index is 254. The maximum absolute atomic E-state index is 8.94. The van der Waals surface area contributed by atoms with Crippen LogP contribution in [0.4, 0.5) is 0 Å². The average Bonchev–Trinajstić information content (AvgIpc) is 2.19. The van der Waals surface area contributed by atoms with Crippen molar-refractivity contribution in [2.75, 3.05) is 13.2 Å². The van der Waals surface area contributed by atoms with Crippen molar-refractivity contribution in [2.24, 2.45) is 0 Å². The first-order valence-electron chi connectivity index (χ1n) is 4.87. The van der Waals surface area contributed by atoms with Gasteiger partial charge in [0.25, 0.3) is 0 Å². The van der Waals surface area contributed by atoms with Gasteiger partial charge in [-0.1, -0.05) is 19.1 Å². The molecule has 78 valence electrons. The number of rotatable bonds is 5. The van der Waals surface area contributed by atoms with Gasteiger partial charge in [-0.25, -0.2) is 0 Å². The van der Waals surface area contributed by atoms with Crippen LogP contribution in [0, 0.1) is 3.57 Å². The van der Waals surface area contributed by atoms with E-state index < -0.39 is 0 Å². The molecule has 0 amide bonds. The third-order valence-corrected chi connectivity index (χ3v) is 2.86. The minimum Gasteiger partial charge on any atom is -0.396 e. The lowest BCUT2D eigenvalue weighted by atomic mass is 10.0. The van der Waals surface area contributed by atoms with E-state index in [1.165, 1.54) is 9.13 Å². The van der Waals surface area contributed by atoms with E-state index in [1.807, 2.05) is 0 Å². The van der Waals surface area contributed by atoms with Gasteiger partial charge >= 0.3 is 0 Å². The first kappa shape index (κ1) is 11.9. The van der Waals surface area contributed by atoms with E-state index >= 15 is 0 Å². The molecule has 2 nitrogen and oxygen atoms in total. The molecule has 0 aliphatic carbocycles. The molecule has 1 aromatic rings. The number of benzene rings is 1. The molecular weight excluding hydrogens is 289 g/mol. The van der Waals surface area contributed by atoms with Crippen LogP contribution in [0.2, 0.25) is 0 Å². The lowest BCUT2D eigenvalue weighted by molar-refractivity contribution is 0.266. The fraction of sp³-hybridized carbons (Fsp3) is 0.455. The maximum Gasteiger partial charge on any atom is 0.0449 e. The van der Waals surface area contributed by atoms with Gasteiger partial charge in [-0.15, -0.1) is 0 Å². The molecule has 1 atom stereocenters. The minimum absolute atomic E-state index is 0.226. The van der Waals surface area contributed by atoms with Crippen LogP contribution in [0.3, 0.4) is 0 Å². The summed E-state index contributed by atoms with van der Waals surface area (Å²) < 4.78 is 1.24. The second-order valence-corrected chi connectivity index (χ2v) is 4.42. The van der Waals surface area contributed by atoms with Crippen LogP contribution >= 0.6 is 22.6 Å². The summed E-state index contributed by atoms with van der Waals surface area (Å²) >= 11 is 2.29. The number of hydrogen-bond donors (Lipinski definition) is 2. The smallest absolute Gasteiger partial charge is 0.0449 e. The highest BCUT2D eigenvalue weighted by atomic mass is 127. The van der Waals surface area contributed by atoms with E-state index in [1.54, 1.807) is 0 Å². The van der Waals surface area contributed by atoms with Gasteiger partial charge in [-0.3, -0.25) is 0 Å². The second-order valence-electron chi connectivity index (χ2n) is 3.17. The van der Waals surface area contributed by atoms with Crippen molar-refractivity contribution in [3.05, 3.63) is 33.4 Å². The number of hydrogen-bond acceptors (Lipinski definition) is 2. The molecule has 0 saturated heterocycles. The number of aliphatic hydroxyl groups is 1. The zero-order valence-corrected chi connectivity index (χ0v) is 10.5. The normalized spacial score (nSPS) is 12.8. The SMILES string of the molecule is CCNC(CCO)c1ccc(I)cc1. The summed E-state index contributed by atoms with van der Waals surface area (Å²) in [7, 11) is 0. The van der Waals surface area contributed by atoms with Crippen LogP contribution in [0.25, 0.3) is 0 Å². The maximum atomic E-state index is 8.94. The third-order valence-electron chi connectivity index (χ3n) is 2.14. The van der Waals surface area contributed by atoms with Crippen LogP contribution in [-0.4, -0.2) is 18.3 Å². The molecule has 1 aromatic carbocycles. The molecule has 0 spiro atoms. The van der Waals surface area contributed by atoms with Gasteiger partial charge in [-0.05, 0) is 53.3 Å². The van der Waals surface area contributed by atoms with Gasteiger partial charge in [-0.2, -0.15) is 0 Å². The quantitative estimate of drug-likeness (QED) is 0.818. The summed E-state index contributed by atoms with van der Waals surface area (Å²) in [6, 6.07) is 8.70. The molecule has 0 aromatic heterocycles. The monoisotopic (exact) mass is 305 g/mol. The predicted molar refractivity (Wildman–Crippen MR) is 67.3 cm³/mol. The second kappa shape index (κ2) is 6.37. The molecule has 0 heterocycles. The Morgan fingerprint density at radius 2 is 2.00 bits per heavy atom. The molecular formula is C11H16INO. The highest BCUT2D eigenvalue weighted by Gasteiger charge is 2.08. The highest BCUT2D eigenvalue weighted by Crippen LogP contribution is 2.17. The largest absolute Gasteiger partial charge is 0.396 e. The minimum atomic E-state index is 0.226. The summed E-state index contributed by atoms with van der Waals surface area (Å²) in [4.78, 5) is 0. The van der Waals surface area contributed by atoms with E-state index in [0.29, 0.717) is 0 Å². The Balaban J connectivity index is 2.71. The van der Waals surface area contributed by atoms with Gasteiger partial charge < -0.3 is 10.4 Å². The standard InChI is InChI=1S/C11H16INO/c1-2-13-11(7-8-14)9-3-5-10(12)6-4-9/h3-6,11,13-14H,2,7-8H2,1H3. The van der Waals surface area contributed by atoms with E-state index in [9.17, 15) is 0 Å². The van der Waals surface area contributed by atoms with Crippen LogP contribution in [0.5, 0.6) is 0 Å². The first-order valence-corrected chi connectivity index (χ1v) is 5.95. The van der Waals surface area contributed by atoms with E-state index in [4.69, 9.17) is 5.11 Å². The Labute approximate surface area is 98.9 Å². The van der Waals surface area contributed by atoms with Gasteiger partial charge in [0.2, 0.25) is 0 Å². The fourth-order valence-corrected chi connectivity index (χ4v) is 1.82. The molecule has 0 radical (unpaired) electrons. The summed E-state index contributed by atoms with van der Waals surface area (Å²) in [5.74, 6) is 0. The van der Waals surface area contributed by atoms with Gasteiger partial charge in [0.1, 0.15) is 0 Å². The molecule has 1 unspecified atom stereocenters. The molecule has 0 bridgehead atoms. The lowest BCUT2D eigenvalue weighted by Gasteiger charge is -2.17. The Hall–Kier alpha value is -0.130. The molecule has 0 aliphatic heterocycles. The molecule has 0 fully saturated rings. The van der Waals surface area contributed by atoms with Gasteiger partial charge in [0, 0.05) is 16.2 Å². The van der Waals surface area contributed by atoms with Crippen LogP contribution < -0.4 is 5.32 Å². The molecule has 14 heavy (non-hydrogen) atoms. The molecule has 1 rings (SSSR count). The summed E-state index contributed by atoms with van der Waals surface area (Å²) in [6.45, 7) is 3.23. The Morgan fingerprint density at radius 3 is 2.50 bits per heavy atom. The van der Waals surface area contributed by atoms with Gasteiger partial charge in [0.05, 0.1) is 0 Å². The van der Waals surface area contributed by atoms with Crippen LogP contribution in [0.15, 0.2) is 24.3 Å². The zero-order valence-electron chi connectivity index (χ0n) is 8.33.